The van der Waals surface area contributed by atoms with E-state index in [1.807, 2.05) is 19.1 Å². The molecule has 106 valence electrons. The van der Waals surface area contributed by atoms with E-state index in [1.165, 1.54) is 11.3 Å². The number of halogens is 2. The van der Waals surface area contributed by atoms with Crippen molar-refractivity contribution in [1.29, 1.82) is 0 Å². The number of hydrogen-bond acceptors (Lipinski definition) is 3. The van der Waals surface area contributed by atoms with Gasteiger partial charge in [0.05, 0.1) is 16.4 Å². The van der Waals surface area contributed by atoms with Crippen LogP contribution in [0.1, 0.15) is 22.2 Å². The van der Waals surface area contributed by atoms with Crippen molar-refractivity contribution in [2.24, 2.45) is 0 Å². The lowest BCUT2D eigenvalue weighted by atomic mass is 10.1. The fourth-order valence-corrected chi connectivity index (χ4v) is 3.13. The van der Waals surface area contributed by atoms with Gasteiger partial charge in [0.2, 0.25) is 0 Å². The topological polar surface area (TPSA) is 46.3 Å². The van der Waals surface area contributed by atoms with Crippen LogP contribution in [0.15, 0.2) is 30.3 Å². The molecule has 0 aliphatic carbocycles. The standard InChI is InChI=1S/C14H14Cl2N2OS/c1-2-18(8-10-4-6-13(16)20-10)14(19)11-5-3-9(15)7-12(11)17/h3-7H,2,8,17H2,1H3. The van der Waals surface area contributed by atoms with Gasteiger partial charge in [-0.25, -0.2) is 0 Å². The van der Waals surface area contributed by atoms with Crippen molar-refractivity contribution in [1.82, 2.24) is 4.90 Å². The number of thiophene rings is 1. The second-order valence-corrected chi connectivity index (χ2v) is 6.49. The smallest absolute Gasteiger partial charge is 0.256 e. The number of benzene rings is 1. The first-order chi connectivity index (χ1) is 9.51. The summed E-state index contributed by atoms with van der Waals surface area (Å²) in [5.74, 6) is -0.105. The summed E-state index contributed by atoms with van der Waals surface area (Å²) in [6, 6.07) is 8.67. The Kier molecular flexibility index (Phi) is 4.91. The van der Waals surface area contributed by atoms with Crippen molar-refractivity contribution in [3.8, 4) is 0 Å². The van der Waals surface area contributed by atoms with Crippen LogP contribution in [0, 0.1) is 0 Å². The zero-order chi connectivity index (χ0) is 14.7. The van der Waals surface area contributed by atoms with E-state index >= 15 is 0 Å². The highest BCUT2D eigenvalue weighted by Crippen LogP contribution is 2.24. The quantitative estimate of drug-likeness (QED) is 0.850. The van der Waals surface area contributed by atoms with Crippen LogP contribution < -0.4 is 5.73 Å². The van der Waals surface area contributed by atoms with Crippen molar-refractivity contribution in [3.63, 3.8) is 0 Å². The number of nitrogen functional groups attached to an aromatic ring is 1. The lowest BCUT2D eigenvalue weighted by Gasteiger charge is -2.21. The van der Waals surface area contributed by atoms with Crippen LogP contribution in [-0.4, -0.2) is 17.4 Å². The summed E-state index contributed by atoms with van der Waals surface area (Å²) in [6.45, 7) is 3.05. The molecule has 20 heavy (non-hydrogen) atoms. The zero-order valence-corrected chi connectivity index (χ0v) is 13.2. The van der Waals surface area contributed by atoms with Gasteiger partial charge in [-0.05, 0) is 37.3 Å². The molecule has 0 fully saturated rings. The molecule has 2 aromatic rings. The molecule has 0 saturated heterocycles. The molecule has 1 heterocycles. The van der Waals surface area contributed by atoms with E-state index < -0.39 is 0 Å². The van der Waals surface area contributed by atoms with Gasteiger partial charge < -0.3 is 10.6 Å². The first kappa shape index (κ1) is 15.2. The van der Waals surface area contributed by atoms with Crippen molar-refractivity contribution >= 4 is 46.1 Å². The molecule has 1 aromatic carbocycles. The zero-order valence-electron chi connectivity index (χ0n) is 10.9. The van der Waals surface area contributed by atoms with Crippen LogP contribution in [0.3, 0.4) is 0 Å². The van der Waals surface area contributed by atoms with Gasteiger partial charge in [0.25, 0.3) is 5.91 Å². The number of anilines is 1. The second-order valence-electron chi connectivity index (χ2n) is 4.26. The van der Waals surface area contributed by atoms with E-state index in [0.29, 0.717) is 29.4 Å². The molecule has 6 heteroatoms. The number of carbonyl (C=O) groups is 1. The Labute approximate surface area is 131 Å². The van der Waals surface area contributed by atoms with Crippen LogP contribution in [-0.2, 0) is 6.54 Å². The van der Waals surface area contributed by atoms with Crippen LogP contribution >= 0.6 is 34.5 Å². The van der Waals surface area contributed by atoms with E-state index in [4.69, 9.17) is 28.9 Å². The van der Waals surface area contributed by atoms with Gasteiger partial charge >= 0.3 is 0 Å². The molecule has 0 atom stereocenters. The molecule has 0 spiro atoms. The van der Waals surface area contributed by atoms with E-state index in [1.54, 1.807) is 23.1 Å². The fraction of sp³-hybridized carbons (Fsp3) is 0.214. The Bertz CT molecular complexity index is 627. The molecular formula is C14H14Cl2N2OS. The number of hydrogen-bond donors (Lipinski definition) is 1. The minimum absolute atomic E-state index is 0.105. The molecule has 0 aliphatic heterocycles. The van der Waals surface area contributed by atoms with Gasteiger partial charge in [-0.3, -0.25) is 4.79 Å². The molecule has 0 unspecified atom stereocenters. The molecule has 1 amide bonds. The third kappa shape index (κ3) is 3.45. The summed E-state index contributed by atoms with van der Waals surface area (Å²) < 4.78 is 0.717. The van der Waals surface area contributed by atoms with Gasteiger partial charge in [0, 0.05) is 22.1 Å². The van der Waals surface area contributed by atoms with Crippen molar-refractivity contribution in [2.45, 2.75) is 13.5 Å². The van der Waals surface area contributed by atoms with Gasteiger partial charge in [-0.15, -0.1) is 11.3 Å². The van der Waals surface area contributed by atoms with Crippen molar-refractivity contribution in [3.05, 3.63) is 50.1 Å². The monoisotopic (exact) mass is 328 g/mol. The highest BCUT2D eigenvalue weighted by Gasteiger charge is 2.17. The molecule has 0 aliphatic rings. The van der Waals surface area contributed by atoms with E-state index in [9.17, 15) is 4.79 Å². The normalized spacial score (nSPS) is 10.6. The maximum absolute atomic E-state index is 12.5. The van der Waals surface area contributed by atoms with Gasteiger partial charge in [0.1, 0.15) is 0 Å². The van der Waals surface area contributed by atoms with Gasteiger partial charge in [0.15, 0.2) is 0 Å². The fourth-order valence-electron chi connectivity index (χ4n) is 1.85. The molecule has 2 rings (SSSR count). The third-order valence-corrected chi connectivity index (χ3v) is 4.34. The number of amides is 1. The Hall–Kier alpha value is -1.23. The maximum atomic E-state index is 12.5. The first-order valence-corrected chi connectivity index (χ1v) is 7.67. The third-order valence-electron chi connectivity index (χ3n) is 2.89. The average Bonchev–Trinajstić information content (AvgIpc) is 2.81. The van der Waals surface area contributed by atoms with Gasteiger partial charge in [-0.2, -0.15) is 0 Å². The summed E-state index contributed by atoms with van der Waals surface area (Å²) in [5.41, 5.74) is 6.73. The highest BCUT2D eigenvalue weighted by atomic mass is 35.5. The minimum Gasteiger partial charge on any atom is -0.398 e. The minimum atomic E-state index is -0.105. The predicted molar refractivity (Wildman–Crippen MR) is 85.6 cm³/mol. The summed E-state index contributed by atoms with van der Waals surface area (Å²) >= 11 is 13.2. The van der Waals surface area contributed by atoms with Gasteiger partial charge in [-0.1, -0.05) is 23.2 Å². The van der Waals surface area contributed by atoms with Crippen LogP contribution in [0.25, 0.3) is 0 Å². The number of carbonyl (C=O) groups excluding carboxylic acids is 1. The summed E-state index contributed by atoms with van der Waals surface area (Å²) in [6.07, 6.45) is 0. The lowest BCUT2D eigenvalue weighted by Crippen LogP contribution is -2.30. The molecule has 0 saturated carbocycles. The van der Waals surface area contributed by atoms with Crippen molar-refractivity contribution < 1.29 is 4.79 Å². The molecule has 3 nitrogen and oxygen atoms in total. The SMILES string of the molecule is CCN(Cc1ccc(Cl)s1)C(=O)c1ccc(Cl)cc1N. The summed E-state index contributed by atoms with van der Waals surface area (Å²) in [5, 5.41) is 0.520. The molecule has 0 bridgehead atoms. The molecule has 1 aromatic heterocycles. The van der Waals surface area contributed by atoms with Crippen LogP contribution in [0.5, 0.6) is 0 Å². The average molecular weight is 329 g/mol. The summed E-state index contributed by atoms with van der Waals surface area (Å²) in [7, 11) is 0. The number of nitrogens with two attached hydrogens (primary N) is 1. The van der Waals surface area contributed by atoms with Crippen molar-refractivity contribution in [2.75, 3.05) is 12.3 Å². The largest absolute Gasteiger partial charge is 0.398 e. The molecule has 0 radical (unpaired) electrons. The van der Waals surface area contributed by atoms with E-state index in [-0.39, 0.29) is 5.91 Å². The molecule has 2 N–H and O–H groups in total. The van der Waals surface area contributed by atoms with E-state index in [2.05, 4.69) is 0 Å². The maximum Gasteiger partial charge on any atom is 0.256 e. The number of nitrogens with zero attached hydrogens (tertiary/aromatic N) is 1. The molecular weight excluding hydrogens is 315 g/mol. The first-order valence-electron chi connectivity index (χ1n) is 6.09. The Morgan fingerprint density at radius 3 is 2.60 bits per heavy atom. The predicted octanol–water partition coefficient (Wildman–Crippen LogP) is 4.30. The lowest BCUT2D eigenvalue weighted by molar-refractivity contribution is 0.0755. The Morgan fingerprint density at radius 2 is 2.05 bits per heavy atom. The van der Waals surface area contributed by atoms with Crippen LogP contribution in [0.2, 0.25) is 9.36 Å². The second kappa shape index (κ2) is 6.48. The Morgan fingerprint density at radius 1 is 1.30 bits per heavy atom. The highest BCUT2D eigenvalue weighted by molar-refractivity contribution is 7.16. The summed E-state index contributed by atoms with van der Waals surface area (Å²) in [4.78, 5) is 15.3. The van der Waals surface area contributed by atoms with Crippen LogP contribution in [0.4, 0.5) is 5.69 Å². The Balaban J connectivity index is 2.20. The van der Waals surface area contributed by atoms with E-state index in [0.717, 1.165) is 9.21 Å². The number of rotatable bonds is 4.